The first-order valence-corrected chi connectivity index (χ1v) is 6.21. The highest BCUT2D eigenvalue weighted by molar-refractivity contribution is 8.00. The van der Waals surface area contributed by atoms with Gasteiger partial charge in [0.05, 0.1) is 5.41 Å². The minimum absolute atomic E-state index is 0.0764. The largest absolute Gasteiger partial charge is 0.354 e. The zero-order valence-corrected chi connectivity index (χ0v) is 9.82. The van der Waals surface area contributed by atoms with E-state index < -0.39 is 5.41 Å². The molecule has 0 aromatic heterocycles. The zero-order chi connectivity index (χ0) is 10.6. The molecular formula is C10H20N2OS. The third-order valence-corrected chi connectivity index (χ3v) is 4.04. The van der Waals surface area contributed by atoms with Crippen LogP contribution in [0.25, 0.3) is 0 Å². The molecule has 1 atom stereocenters. The SMILES string of the molecule is CC(C)(CN)C(=O)NCC1CCCS1. The summed E-state index contributed by atoms with van der Waals surface area (Å²) in [6.07, 6.45) is 2.51. The van der Waals surface area contributed by atoms with Gasteiger partial charge in [0.2, 0.25) is 5.91 Å². The van der Waals surface area contributed by atoms with Crippen LogP contribution in [0, 0.1) is 5.41 Å². The van der Waals surface area contributed by atoms with Crippen LogP contribution < -0.4 is 11.1 Å². The molecule has 4 heteroatoms. The summed E-state index contributed by atoms with van der Waals surface area (Å²) in [5, 5.41) is 3.59. The average molecular weight is 216 g/mol. The van der Waals surface area contributed by atoms with Crippen molar-refractivity contribution in [2.45, 2.75) is 31.9 Å². The molecule has 0 aromatic carbocycles. The van der Waals surface area contributed by atoms with Gasteiger partial charge in [-0.15, -0.1) is 0 Å². The Kier molecular flexibility index (Phi) is 4.26. The molecule has 82 valence electrons. The van der Waals surface area contributed by atoms with Crippen molar-refractivity contribution in [1.82, 2.24) is 5.32 Å². The van der Waals surface area contributed by atoms with Gasteiger partial charge in [-0.05, 0) is 32.4 Å². The van der Waals surface area contributed by atoms with E-state index in [-0.39, 0.29) is 5.91 Å². The van der Waals surface area contributed by atoms with Gasteiger partial charge in [0.15, 0.2) is 0 Å². The average Bonchev–Trinajstić information content (AvgIpc) is 2.66. The van der Waals surface area contributed by atoms with Crippen molar-refractivity contribution in [3.8, 4) is 0 Å². The van der Waals surface area contributed by atoms with Gasteiger partial charge in [0, 0.05) is 18.3 Å². The second-order valence-electron chi connectivity index (χ2n) is 4.43. The van der Waals surface area contributed by atoms with Gasteiger partial charge >= 0.3 is 0 Å². The molecule has 1 rings (SSSR count). The van der Waals surface area contributed by atoms with Crippen LogP contribution >= 0.6 is 11.8 Å². The minimum Gasteiger partial charge on any atom is -0.354 e. The van der Waals surface area contributed by atoms with Crippen LogP contribution in [0.3, 0.4) is 0 Å². The van der Waals surface area contributed by atoms with Crippen molar-refractivity contribution in [3.63, 3.8) is 0 Å². The lowest BCUT2D eigenvalue weighted by atomic mass is 9.93. The van der Waals surface area contributed by atoms with Crippen molar-refractivity contribution in [3.05, 3.63) is 0 Å². The standard InChI is InChI=1S/C10H20N2OS/c1-10(2,7-11)9(13)12-6-8-4-3-5-14-8/h8H,3-7,11H2,1-2H3,(H,12,13). The normalized spacial score (nSPS) is 22.4. The van der Waals surface area contributed by atoms with E-state index >= 15 is 0 Å². The molecule has 3 N–H and O–H groups in total. The molecule has 3 nitrogen and oxygen atoms in total. The van der Waals surface area contributed by atoms with Gasteiger partial charge in [0.25, 0.3) is 0 Å². The first kappa shape index (κ1) is 11.9. The monoisotopic (exact) mass is 216 g/mol. The number of nitrogens with one attached hydrogen (secondary N) is 1. The fraction of sp³-hybridized carbons (Fsp3) is 0.900. The molecule has 1 saturated heterocycles. The van der Waals surface area contributed by atoms with Crippen molar-refractivity contribution in [2.75, 3.05) is 18.8 Å². The number of amides is 1. The van der Waals surface area contributed by atoms with Crippen LogP contribution in [-0.4, -0.2) is 30.0 Å². The maximum atomic E-state index is 11.7. The minimum atomic E-state index is -0.427. The van der Waals surface area contributed by atoms with Crippen LogP contribution in [0.5, 0.6) is 0 Å². The van der Waals surface area contributed by atoms with Gasteiger partial charge in [-0.2, -0.15) is 11.8 Å². The van der Waals surface area contributed by atoms with Gasteiger partial charge in [0.1, 0.15) is 0 Å². The van der Waals surface area contributed by atoms with Crippen molar-refractivity contribution >= 4 is 17.7 Å². The topological polar surface area (TPSA) is 55.1 Å². The number of thioether (sulfide) groups is 1. The molecular weight excluding hydrogens is 196 g/mol. The van der Waals surface area contributed by atoms with Crippen LogP contribution in [0.15, 0.2) is 0 Å². The number of rotatable bonds is 4. The Morgan fingerprint density at radius 3 is 2.86 bits per heavy atom. The lowest BCUT2D eigenvalue weighted by Crippen LogP contribution is -2.43. The smallest absolute Gasteiger partial charge is 0.226 e. The van der Waals surface area contributed by atoms with Crippen molar-refractivity contribution in [2.24, 2.45) is 11.1 Å². The Hall–Kier alpha value is -0.220. The highest BCUT2D eigenvalue weighted by Crippen LogP contribution is 2.25. The Labute approximate surface area is 90.2 Å². The van der Waals surface area contributed by atoms with E-state index in [1.54, 1.807) is 0 Å². The summed E-state index contributed by atoms with van der Waals surface area (Å²) >= 11 is 1.96. The number of hydrogen-bond donors (Lipinski definition) is 2. The van der Waals surface area contributed by atoms with Crippen LogP contribution in [0.4, 0.5) is 0 Å². The van der Waals surface area contributed by atoms with Gasteiger partial charge in [-0.25, -0.2) is 0 Å². The summed E-state index contributed by atoms with van der Waals surface area (Å²) in [6.45, 7) is 4.96. The summed E-state index contributed by atoms with van der Waals surface area (Å²) in [7, 11) is 0. The predicted octanol–water partition coefficient (Wildman–Crippen LogP) is 0.983. The second-order valence-corrected chi connectivity index (χ2v) is 5.84. The first-order chi connectivity index (χ1) is 6.56. The lowest BCUT2D eigenvalue weighted by molar-refractivity contribution is -0.128. The molecule has 0 aromatic rings. The molecule has 1 aliphatic rings. The van der Waals surface area contributed by atoms with Gasteiger partial charge in [-0.1, -0.05) is 0 Å². The third-order valence-electron chi connectivity index (χ3n) is 2.64. The van der Waals surface area contributed by atoms with Gasteiger partial charge < -0.3 is 11.1 Å². The Morgan fingerprint density at radius 1 is 1.64 bits per heavy atom. The highest BCUT2D eigenvalue weighted by Gasteiger charge is 2.26. The van der Waals surface area contributed by atoms with E-state index in [1.807, 2.05) is 25.6 Å². The lowest BCUT2D eigenvalue weighted by Gasteiger charge is -2.22. The third kappa shape index (κ3) is 3.17. The van der Waals surface area contributed by atoms with E-state index in [0.29, 0.717) is 11.8 Å². The molecule has 1 unspecified atom stereocenters. The second kappa shape index (κ2) is 5.03. The maximum Gasteiger partial charge on any atom is 0.226 e. The van der Waals surface area contributed by atoms with Crippen molar-refractivity contribution < 1.29 is 4.79 Å². The van der Waals surface area contributed by atoms with Crippen LogP contribution in [0.2, 0.25) is 0 Å². The molecule has 1 fully saturated rings. The number of hydrogen-bond acceptors (Lipinski definition) is 3. The predicted molar refractivity (Wildman–Crippen MR) is 61.3 cm³/mol. The zero-order valence-electron chi connectivity index (χ0n) is 9.01. The Balaban J connectivity index is 2.26. The first-order valence-electron chi connectivity index (χ1n) is 5.16. The maximum absolute atomic E-state index is 11.7. The van der Waals surface area contributed by atoms with Crippen LogP contribution in [0.1, 0.15) is 26.7 Å². The Morgan fingerprint density at radius 2 is 2.36 bits per heavy atom. The molecule has 0 radical (unpaired) electrons. The summed E-state index contributed by atoms with van der Waals surface area (Å²) in [6, 6.07) is 0. The fourth-order valence-electron chi connectivity index (χ4n) is 1.34. The molecule has 0 spiro atoms. The summed E-state index contributed by atoms with van der Waals surface area (Å²) in [5.74, 6) is 1.31. The number of nitrogens with two attached hydrogens (primary N) is 1. The van der Waals surface area contributed by atoms with Crippen molar-refractivity contribution in [1.29, 1.82) is 0 Å². The molecule has 0 bridgehead atoms. The van der Waals surface area contributed by atoms with Gasteiger partial charge in [-0.3, -0.25) is 4.79 Å². The Bertz CT molecular complexity index is 200. The molecule has 14 heavy (non-hydrogen) atoms. The summed E-state index contributed by atoms with van der Waals surface area (Å²) in [5.41, 5.74) is 5.10. The van der Waals surface area contributed by atoms with E-state index in [2.05, 4.69) is 5.32 Å². The summed E-state index contributed by atoms with van der Waals surface area (Å²) < 4.78 is 0. The number of carbonyl (C=O) groups excluding carboxylic acids is 1. The number of carbonyl (C=O) groups is 1. The molecule has 1 amide bonds. The van der Waals surface area contributed by atoms with Crippen LogP contribution in [-0.2, 0) is 4.79 Å². The van der Waals surface area contributed by atoms with E-state index in [1.165, 1.54) is 18.6 Å². The van der Waals surface area contributed by atoms with E-state index in [9.17, 15) is 4.79 Å². The van der Waals surface area contributed by atoms with E-state index in [0.717, 1.165) is 6.54 Å². The fourth-order valence-corrected chi connectivity index (χ4v) is 2.55. The molecule has 0 saturated carbocycles. The quantitative estimate of drug-likeness (QED) is 0.736. The highest BCUT2D eigenvalue weighted by atomic mass is 32.2. The molecule has 0 aliphatic carbocycles. The molecule has 1 heterocycles. The van der Waals surface area contributed by atoms with E-state index in [4.69, 9.17) is 5.73 Å². The summed E-state index contributed by atoms with van der Waals surface area (Å²) in [4.78, 5) is 11.7. The molecule has 1 aliphatic heterocycles.